The van der Waals surface area contributed by atoms with Crippen molar-refractivity contribution in [2.24, 2.45) is 17.8 Å². The number of hydrogen-bond acceptors (Lipinski definition) is 0. The molecule has 0 N–H and O–H groups in total. The minimum Gasteiger partial charge on any atom is -0.138 e. The topological polar surface area (TPSA) is 0 Å². The molecule has 0 aliphatic heterocycles. The maximum Gasteiger partial charge on any atom is -0.0379 e. The zero-order valence-corrected chi connectivity index (χ0v) is 13.1. The Labute approximate surface area is 106 Å². The maximum atomic E-state index is 2.84. The fraction of sp³-hybridized carbons (Fsp3) is 1.00. The van der Waals surface area contributed by atoms with Gasteiger partial charge >= 0.3 is 0 Å². The summed E-state index contributed by atoms with van der Waals surface area (Å²) in [5.74, 6) is 2.76. The van der Waals surface area contributed by atoms with Crippen LogP contribution in [-0.2, 0) is 0 Å². The molecular formula is C15H33P. The first-order valence-electron chi connectivity index (χ1n) is 7.26. The monoisotopic (exact) mass is 244 g/mol. The Kier molecular flexibility index (Phi) is 10.9. The Morgan fingerprint density at radius 1 is 0.688 bits per heavy atom. The lowest BCUT2D eigenvalue weighted by Gasteiger charge is -2.14. The Morgan fingerprint density at radius 2 is 1.12 bits per heavy atom. The van der Waals surface area contributed by atoms with E-state index in [1.165, 1.54) is 51.1 Å². The average molecular weight is 244 g/mol. The summed E-state index contributed by atoms with van der Waals surface area (Å²) in [5.41, 5.74) is 0. The van der Waals surface area contributed by atoms with Gasteiger partial charge < -0.3 is 0 Å². The molecule has 0 rings (SSSR count). The van der Waals surface area contributed by atoms with Crippen molar-refractivity contribution in [2.75, 3.05) is 6.16 Å². The summed E-state index contributed by atoms with van der Waals surface area (Å²) in [6.07, 6.45) is 11.2. The molecule has 98 valence electrons. The molecule has 3 unspecified atom stereocenters. The van der Waals surface area contributed by atoms with E-state index in [-0.39, 0.29) is 0 Å². The highest BCUT2D eigenvalue weighted by atomic mass is 31.0. The number of hydrogen-bond donors (Lipinski definition) is 0. The van der Waals surface area contributed by atoms with Gasteiger partial charge in [0.1, 0.15) is 0 Å². The Balaban J connectivity index is 3.32. The van der Waals surface area contributed by atoms with Gasteiger partial charge in [-0.05, 0) is 30.3 Å². The molecule has 0 bridgehead atoms. The van der Waals surface area contributed by atoms with Crippen LogP contribution in [0.4, 0.5) is 0 Å². The first-order valence-corrected chi connectivity index (χ1v) is 8.08. The first-order chi connectivity index (χ1) is 7.56. The molecule has 16 heavy (non-hydrogen) atoms. The molecule has 0 heterocycles. The van der Waals surface area contributed by atoms with Gasteiger partial charge in [0.25, 0.3) is 0 Å². The molecule has 0 aromatic heterocycles. The standard InChI is InChI=1S/C15H33P/c1-13(2)7-5-8-14(3)9-6-10-15(4)11-12-16/h13-15H,5-12,16H2,1-4H3. The summed E-state index contributed by atoms with van der Waals surface area (Å²) < 4.78 is 0. The third kappa shape index (κ3) is 10.9. The molecule has 0 aliphatic rings. The smallest absolute Gasteiger partial charge is 0.0379 e. The maximum absolute atomic E-state index is 2.84. The third-order valence-corrected chi connectivity index (χ3v) is 3.87. The van der Waals surface area contributed by atoms with Crippen molar-refractivity contribution < 1.29 is 0 Å². The zero-order valence-electron chi connectivity index (χ0n) is 12.0. The van der Waals surface area contributed by atoms with Gasteiger partial charge in [0.05, 0.1) is 0 Å². The Hall–Kier alpha value is 0.430. The largest absolute Gasteiger partial charge is 0.138 e. The van der Waals surface area contributed by atoms with Gasteiger partial charge in [-0.15, -0.1) is 9.24 Å². The van der Waals surface area contributed by atoms with Crippen LogP contribution in [-0.4, -0.2) is 6.16 Å². The van der Waals surface area contributed by atoms with Crippen LogP contribution >= 0.6 is 9.24 Å². The molecule has 0 radical (unpaired) electrons. The fourth-order valence-electron chi connectivity index (χ4n) is 2.26. The van der Waals surface area contributed by atoms with Crippen LogP contribution in [0.1, 0.15) is 72.6 Å². The van der Waals surface area contributed by atoms with E-state index in [9.17, 15) is 0 Å². The molecule has 1 heteroatoms. The summed E-state index contributed by atoms with van der Waals surface area (Å²) >= 11 is 0. The van der Waals surface area contributed by atoms with E-state index >= 15 is 0 Å². The van der Waals surface area contributed by atoms with Gasteiger partial charge in [-0.2, -0.15) is 0 Å². The first kappa shape index (κ1) is 16.4. The minimum absolute atomic E-state index is 0.884. The van der Waals surface area contributed by atoms with Crippen molar-refractivity contribution in [3.8, 4) is 0 Å². The summed E-state index contributed by atoms with van der Waals surface area (Å²) in [4.78, 5) is 0. The second-order valence-electron chi connectivity index (χ2n) is 6.04. The molecule has 0 saturated heterocycles. The lowest BCUT2D eigenvalue weighted by Crippen LogP contribution is -2.00. The van der Waals surface area contributed by atoms with Crippen molar-refractivity contribution in [1.82, 2.24) is 0 Å². The molecule has 0 nitrogen and oxygen atoms in total. The van der Waals surface area contributed by atoms with Crippen molar-refractivity contribution in [2.45, 2.75) is 72.6 Å². The SMILES string of the molecule is CC(C)CCCC(C)CCCC(C)CCP. The highest BCUT2D eigenvalue weighted by molar-refractivity contribution is 7.16. The second-order valence-corrected chi connectivity index (χ2v) is 6.62. The lowest BCUT2D eigenvalue weighted by molar-refractivity contribution is 0.398. The predicted octanol–water partition coefficient (Wildman–Crippen LogP) is 5.52. The molecule has 0 saturated carbocycles. The van der Waals surface area contributed by atoms with E-state index < -0.39 is 0 Å². The summed E-state index contributed by atoms with van der Waals surface area (Å²) in [7, 11) is 2.84. The van der Waals surface area contributed by atoms with Gasteiger partial charge in [0, 0.05) is 0 Å². The van der Waals surface area contributed by atoms with Gasteiger partial charge in [-0.3, -0.25) is 0 Å². The second kappa shape index (κ2) is 10.6. The van der Waals surface area contributed by atoms with E-state index in [1.54, 1.807) is 0 Å². The lowest BCUT2D eigenvalue weighted by atomic mass is 9.93. The van der Waals surface area contributed by atoms with Gasteiger partial charge in [-0.1, -0.05) is 66.2 Å². The third-order valence-electron chi connectivity index (χ3n) is 3.53. The summed E-state index contributed by atoms with van der Waals surface area (Å²) in [6, 6.07) is 0. The Bertz CT molecular complexity index is 142. The quantitative estimate of drug-likeness (QED) is 0.444. The molecule has 3 atom stereocenters. The van der Waals surface area contributed by atoms with Crippen molar-refractivity contribution >= 4 is 9.24 Å². The minimum atomic E-state index is 0.884. The highest BCUT2D eigenvalue weighted by Gasteiger charge is 2.05. The molecular weight excluding hydrogens is 211 g/mol. The molecule has 0 aliphatic carbocycles. The summed E-state index contributed by atoms with van der Waals surface area (Å²) in [6.45, 7) is 9.48. The average Bonchev–Trinajstić information content (AvgIpc) is 2.17. The van der Waals surface area contributed by atoms with Gasteiger partial charge in [0.2, 0.25) is 0 Å². The number of rotatable bonds is 10. The molecule has 0 spiro atoms. The Morgan fingerprint density at radius 3 is 1.56 bits per heavy atom. The summed E-state index contributed by atoms with van der Waals surface area (Å²) in [5, 5.41) is 0. The highest BCUT2D eigenvalue weighted by Crippen LogP contribution is 2.20. The van der Waals surface area contributed by atoms with Crippen LogP contribution in [0.5, 0.6) is 0 Å². The van der Waals surface area contributed by atoms with E-state index in [0.29, 0.717) is 0 Å². The van der Waals surface area contributed by atoms with Crippen LogP contribution in [0.2, 0.25) is 0 Å². The van der Waals surface area contributed by atoms with Crippen LogP contribution < -0.4 is 0 Å². The predicted molar refractivity (Wildman–Crippen MR) is 80.1 cm³/mol. The zero-order chi connectivity index (χ0) is 12.4. The molecule has 0 aromatic carbocycles. The fourth-order valence-corrected chi connectivity index (χ4v) is 2.83. The van der Waals surface area contributed by atoms with E-state index in [4.69, 9.17) is 0 Å². The van der Waals surface area contributed by atoms with Crippen molar-refractivity contribution in [3.63, 3.8) is 0 Å². The van der Waals surface area contributed by atoms with E-state index in [1.807, 2.05) is 0 Å². The van der Waals surface area contributed by atoms with Crippen LogP contribution in [0.15, 0.2) is 0 Å². The molecule has 0 aromatic rings. The van der Waals surface area contributed by atoms with Crippen LogP contribution in [0.25, 0.3) is 0 Å². The van der Waals surface area contributed by atoms with Gasteiger partial charge in [-0.25, -0.2) is 0 Å². The normalized spacial score (nSPS) is 15.4. The van der Waals surface area contributed by atoms with Gasteiger partial charge in [0.15, 0.2) is 0 Å². The molecule has 0 fully saturated rings. The van der Waals surface area contributed by atoms with E-state index in [0.717, 1.165) is 17.8 Å². The molecule has 0 amide bonds. The van der Waals surface area contributed by atoms with E-state index in [2.05, 4.69) is 36.9 Å². The van der Waals surface area contributed by atoms with Crippen LogP contribution in [0.3, 0.4) is 0 Å². The van der Waals surface area contributed by atoms with Crippen molar-refractivity contribution in [1.29, 1.82) is 0 Å². The van der Waals surface area contributed by atoms with Crippen molar-refractivity contribution in [3.05, 3.63) is 0 Å². The van der Waals surface area contributed by atoms with Crippen LogP contribution in [0, 0.1) is 17.8 Å².